The van der Waals surface area contributed by atoms with Crippen LogP contribution in [-0.4, -0.2) is 53.3 Å². The van der Waals surface area contributed by atoms with E-state index >= 15 is 0 Å². The number of aromatic nitrogens is 2. The Bertz CT molecular complexity index is 791. The van der Waals surface area contributed by atoms with Crippen molar-refractivity contribution in [3.05, 3.63) is 42.0 Å². The smallest absolute Gasteiger partial charge is 0.317 e. The van der Waals surface area contributed by atoms with E-state index in [4.69, 9.17) is 0 Å². The molecule has 0 bridgehead atoms. The van der Waals surface area contributed by atoms with Gasteiger partial charge in [0.25, 0.3) is 0 Å². The number of benzene rings is 1. The largest absolute Gasteiger partial charge is 0.352 e. The Morgan fingerprint density at radius 2 is 1.69 bits per heavy atom. The lowest BCUT2D eigenvalue weighted by atomic mass is 9.96. The van der Waals surface area contributed by atoms with Crippen LogP contribution in [0.2, 0.25) is 0 Å². The second kappa shape index (κ2) is 9.25. The minimum absolute atomic E-state index is 0.0912. The van der Waals surface area contributed by atoms with Gasteiger partial charge in [0.15, 0.2) is 5.82 Å². The van der Waals surface area contributed by atoms with E-state index in [-0.39, 0.29) is 6.03 Å². The van der Waals surface area contributed by atoms with Gasteiger partial charge in [-0.1, -0.05) is 50.5 Å². The highest BCUT2D eigenvalue weighted by atomic mass is 16.2. The molecule has 6 nitrogen and oxygen atoms in total. The van der Waals surface area contributed by atoms with Gasteiger partial charge in [-0.15, -0.1) is 10.2 Å². The number of hydrogen-bond donors (Lipinski definition) is 1. The summed E-state index contributed by atoms with van der Waals surface area (Å²) in [5.41, 5.74) is 3.30. The van der Waals surface area contributed by atoms with Crippen LogP contribution in [0.1, 0.15) is 44.6 Å². The second-order valence-corrected chi connectivity index (χ2v) is 8.09. The van der Waals surface area contributed by atoms with Gasteiger partial charge in [-0.3, -0.25) is 0 Å². The van der Waals surface area contributed by atoms with Crippen LogP contribution in [0.3, 0.4) is 0 Å². The first-order valence-electron chi connectivity index (χ1n) is 11.0. The van der Waals surface area contributed by atoms with Crippen LogP contribution >= 0.6 is 0 Å². The lowest BCUT2D eigenvalue weighted by Gasteiger charge is -2.36. The summed E-state index contributed by atoms with van der Waals surface area (Å²) in [5, 5.41) is 12.1. The first kappa shape index (κ1) is 19.7. The lowest BCUT2D eigenvalue weighted by Crippen LogP contribution is -2.53. The van der Waals surface area contributed by atoms with E-state index in [1.807, 2.05) is 17.0 Å². The van der Waals surface area contributed by atoms with Gasteiger partial charge in [0.2, 0.25) is 0 Å². The third kappa shape index (κ3) is 4.86. The average molecular weight is 394 g/mol. The first-order valence-corrected chi connectivity index (χ1v) is 11.0. The highest BCUT2D eigenvalue weighted by molar-refractivity contribution is 5.75. The van der Waals surface area contributed by atoms with Crippen molar-refractivity contribution >= 4 is 11.8 Å². The zero-order chi connectivity index (χ0) is 20.1. The summed E-state index contributed by atoms with van der Waals surface area (Å²) in [6.45, 7) is 5.18. The lowest BCUT2D eigenvalue weighted by molar-refractivity contribution is 0.186. The Morgan fingerprint density at radius 1 is 0.966 bits per heavy atom. The fraction of sp³-hybridized carbons (Fsp3) is 0.522. The highest BCUT2D eigenvalue weighted by Gasteiger charge is 2.24. The maximum Gasteiger partial charge on any atom is 0.317 e. The minimum atomic E-state index is 0.0912. The molecule has 0 spiro atoms. The summed E-state index contributed by atoms with van der Waals surface area (Å²) in [5.74, 6) is 0.881. The number of piperazine rings is 1. The standard InChI is InChI=1S/C23H31N5O/c1-2-18-8-10-19(11-9-18)21-12-13-22(26-25-21)27-14-16-28(17-15-27)23(29)24-20-6-4-3-5-7-20/h8-13,20H,2-7,14-17H2,1H3,(H,24,29). The van der Waals surface area contributed by atoms with Crippen LogP contribution in [-0.2, 0) is 6.42 Å². The number of aryl methyl sites for hydroxylation is 1. The van der Waals surface area contributed by atoms with Crippen LogP contribution in [0.5, 0.6) is 0 Å². The van der Waals surface area contributed by atoms with Crippen molar-refractivity contribution in [1.82, 2.24) is 20.4 Å². The van der Waals surface area contributed by atoms with E-state index in [2.05, 4.69) is 51.6 Å². The van der Waals surface area contributed by atoms with Gasteiger partial charge in [-0.05, 0) is 37.0 Å². The SMILES string of the molecule is CCc1ccc(-c2ccc(N3CCN(C(=O)NC4CCCCC4)CC3)nn2)cc1. The van der Waals surface area contributed by atoms with E-state index in [0.29, 0.717) is 6.04 Å². The van der Waals surface area contributed by atoms with Crippen molar-refractivity contribution in [3.63, 3.8) is 0 Å². The van der Waals surface area contributed by atoms with Crippen LogP contribution in [0, 0.1) is 0 Å². The van der Waals surface area contributed by atoms with Crippen molar-refractivity contribution < 1.29 is 4.79 Å². The van der Waals surface area contributed by atoms with Gasteiger partial charge in [-0.2, -0.15) is 0 Å². The van der Waals surface area contributed by atoms with Gasteiger partial charge in [0.05, 0.1) is 5.69 Å². The third-order valence-corrected chi connectivity index (χ3v) is 6.13. The molecule has 1 saturated carbocycles. The molecular weight excluding hydrogens is 362 g/mol. The van der Waals surface area contributed by atoms with Gasteiger partial charge >= 0.3 is 6.03 Å². The average Bonchev–Trinajstić information content (AvgIpc) is 2.80. The molecule has 1 aromatic carbocycles. The van der Waals surface area contributed by atoms with Gasteiger partial charge in [-0.25, -0.2) is 4.79 Å². The van der Waals surface area contributed by atoms with Crippen LogP contribution in [0.25, 0.3) is 11.3 Å². The van der Waals surface area contributed by atoms with Gasteiger partial charge < -0.3 is 15.1 Å². The Balaban J connectivity index is 1.30. The topological polar surface area (TPSA) is 61.4 Å². The Labute approximate surface area is 173 Å². The Kier molecular flexibility index (Phi) is 6.27. The molecule has 29 heavy (non-hydrogen) atoms. The summed E-state index contributed by atoms with van der Waals surface area (Å²) in [4.78, 5) is 16.7. The normalized spacial score (nSPS) is 18.0. The number of carbonyl (C=O) groups is 1. The van der Waals surface area contributed by atoms with Crippen LogP contribution in [0.15, 0.2) is 36.4 Å². The van der Waals surface area contributed by atoms with Gasteiger partial charge in [0.1, 0.15) is 0 Å². The number of urea groups is 1. The highest BCUT2D eigenvalue weighted by Crippen LogP contribution is 2.21. The molecule has 1 aromatic heterocycles. The molecule has 1 aliphatic heterocycles. The number of rotatable bonds is 4. The number of carbonyl (C=O) groups excluding carboxylic acids is 1. The molecule has 2 aliphatic rings. The molecule has 0 radical (unpaired) electrons. The maximum absolute atomic E-state index is 12.5. The fourth-order valence-corrected chi connectivity index (χ4v) is 4.21. The quantitative estimate of drug-likeness (QED) is 0.857. The molecular formula is C23H31N5O. The predicted molar refractivity (Wildman–Crippen MR) is 116 cm³/mol. The van der Waals surface area contributed by atoms with E-state index < -0.39 is 0 Å². The van der Waals surface area contributed by atoms with Crippen molar-refractivity contribution in [1.29, 1.82) is 0 Å². The van der Waals surface area contributed by atoms with Crippen molar-refractivity contribution in [2.75, 3.05) is 31.1 Å². The Hall–Kier alpha value is -2.63. The van der Waals surface area contributed by atoms with E-state index in [1.165, 1.54) is 24.8 Å². The molecule has 1 N–H and O–H groups in total. The molecule has 6 heteroatoms. The fourth-order valence-electron chi connectivity index (χ4n) is 4.21. The molecule has 2 amide bonds. The summed E-state index contributed by atoms with van der Waals surface area (Å²) in [6, 6.07) is 13.0. The van der Waals surface area contributed by atoms with E-state index in [1.54, 1.807) is 0 Å². The van der Waals surface area contributed by atoms with E-state index in [0.717, 1.165) is 62.5 Å². The van der Waals surface area contributed by atoms with Crippen molar-refractivity contribution in [3.8, 4) is 11.3 Å². The zero-order valence-electron chi connectivity index (χ0n) is 17.3. The maximum atomic E-state index is 12.5. The van der Waals surface area contributed by atoms with Crippen molar-refractivity contribution in [2.45, 2.75) is 51.5 Å². The number of anilines is 1. The molecule has 1 aliphatic carbocycles. The third-order valence-electron chi connectivity index (χ3n) is 6.13. The summed E-state index contributed by atoms with van der Waals surface area (Å²) >= 11 is 0. The number of hydrogen-bond acceptors (Lipinski definition) is 4. The zero-order valence-corrected chi connectivity index (χ0v) is 17.3. The molecule has 2 heterocycles. The molecule has 0 atom stereocenters. The monoisotopic (exact) mass is 393 g/mol. The van der Waals surface area contributed by atoms with Gasteiger partial charge in [0, 0.05) is 37.8 Å². The second-order valence-electron chi connectivity index (χ2n) is 8.09. The molecule has 154 valence electrons. The Morgan fingerprint density at radius 3 is 2.31 bits per heavy atom. The number of nitrogens with one attached hydrogen (secondary N) is 1. The summed E-state index contributed by atoms with van der Waals surface area (Å²) in [6.07, 6.45) is 7.04. The molecule has 0 unspecified atom stereocenters. The number of amides is 2. The van der Waals surface area contributed by atoms with Crippen LogP contribution < -0.4 is 10.2 Å². The van der Waals surface area contributed by atoms with Crippen molar-refractivity contribution in [2.24, 2.45) is 0 Å². The molecule has 2 aromatic rings. The summed E-state index contributed by atoms with van der Waals surface area (Å²) < 4.78 is 0. The van der Waals surface area contributed by atoms with Crippen LogP contribution in [0.4, 0.5) is 10.6 Å². The predicted octanol–water partition coefficient (Wildman–Crippen LogP) is 3.87. The molecule has 2 fully saturated rings. The molecule has 4 rings (SSSR count). The number of nitrogens with zero attached hydrogens (tertiary/aromatic N) is 4. The minimum Gasteiger partial charge on any atom is -0.352 e. The first-order chi connectivity index (χ1) is 14.2. The molecule has 1 saturated heterocycles. The summed E-state index contributed by atoms with van der Waals surface area (Å²) in [7, 11) is 0. The van der Waals surface area contributed by atoms with E-state index in [9.17, 15) is 4.79 Å².